The van der Waals surface area contributed by atoms with Crippen molar-refractivity contribution in [2.45, 2.75) is 4.90 Å². The van der Waals surface area contributed by atoms with E-state index >= 15 is 0 Å². The summed E-state index contributed by atoms with van der Waals surface area (Å²) in [6, 6.07) is 23.6. The number of amides is 1. The van der Waals surface area contributed by atoms with Gasteiger partial charge in [-0.05, 0) is 48.5 Å². The zero-order valence-electron chi connectivity index (χ0n) is 17.1. The van der Waals surface area contributed by atoms with E-state index in [4.69, 9.17) is 4.74 Å². The van der Waals surface area contributed by atoms with Crippen molar-refractivity contribution in [1.82, 2.24) is 10.2 Å². The molecule has 0 saturated heterocycles. The number of hydrogen-bond acceptors (Lipinski definition) is 5. The number of benzene rings is 3. The second kappa shape index (κ2) is 8.94. The predicted octanol–water partition coefficient (Wildman–Crippen LogP) is 4.14. The van der Waals surface area contributed by atoms with Crippen molar-refractivity contribution in [3.63, 3.8) is 0 Å². The molecule has 0 saturated carbocycles. The minimum atomic E-state index is -3.85. The van der Waals surface area contributed by atoms with Crippen molar-refractivity contribution in [3.05, 3.63) is 90.6 Å². The van der Waals surface area contributed by atoms with Gasteiger partial charge in [-0.15, -0.1) is 0 Å². The molecule has 0 bridgehead atoms. The zero-order chi connectivity index (χ0) is 22.6. The van der Waals surface area contributed by atoms with Gasteiger partial charge < -0.3 is 10.1 Å². The van der Waals surface area contributed by atoms with Crippen LogP contribution in [-0.2, 0) is 10.0 Å². The average Bonchev–Trinajstić information content (AvgIpc) is 3.31. The Morgan fingerprint density at radius 1 is 0.906 bits per heavy atom. The number of nitrogens with one attached hydrogen (secondary N) is 3. The number of ether oxygens (including phenoxy) is 1. The fraction of sp³-hybridized carbons (Fsp3) is 0.0435. The highest BCUT2D eigenvalue weighted by Crippen LogP contribution is 2.22. The quantitative estimate of drug-likeness (QED) is 0.393. The monoisotopic (exact) mass is 448 g/mol. The lowest BCUT2D eigenvalue weighted by atomic mass is 10.1. The molecule has 3 N–H and O–H groups in total. The number of rotatable bonds is 7. The van der Waals surface area contributed by atoms with E-state index in [0.29, 0.717) is 22.8 Å². The van der Waals surface area contributed by atoms with Crippen molar-refractivity contribution in [3.8, 4) is 17.0 Å². The van der Waals surface area contributed by atoms with Crippen LogP contribution in [0, 0.1) is 0 Å². The number of carbonyl (C=O) groups is 1. The summed E-state index contributed by atoms with van der Waals surface area (Å²) in [5.74, 6) is 0.184. The molecule has 0 aliphatic heterocycles. The fourth-order valence-corrected chi connectivity index (χ4v) is 4.11. The van der Waals surface area contributed by atoms with Crippen LogP contribution in [0.15, 0.2) is 89.8 Å². The van der Waals surface area contributed by atoms with Gasteiger partial charge in [-0.2, -0.15) is 5.10 Å². The van der Waals surface area contributed by atoms with Gasteiger partial charge >= 0.3 is 0 Å². The Morgan fingerprint density at radius 2 is 1.66 bits per heavy atom. The van der Waals surface area contributed by atoms with E-state index in [2.05, 4.69) is 20.2 Å². The third kappa shape index (κ3) is 4.79. The second-order valence-corrected chi connectivity index (χ2v) is 8.53. The van der Waals surface area contributed by atoms with E-state index < -0.39 is 15.9 Å². The number of methoxy groups -OCH3 is 1. The smallest absolute Gasteiger partial charge is 0.273 e. The van der Waals surface area contributed by atoms with Crippen LogP contribution in [0.4, 0.5) is 11.4 Å². The third-order valence-electron chi connectivity index (χ3n) is 4.64. The highest BCUT2D eigenvalue weighted by atomic mass is 32.2. The average molecular weight is 449 g/mol. The van der Waals surface area contributed by atoms with Gasteiger partial charge in [0.05, 0.1) is 17.7 Å². The Kier molecular flexibility index (Phi) is 5.91. The standard InChI is InChI=1S/C23H20N4O4S/c1-31-19-12-10-17(11-13-19)27-32(29,30)20-9-5-8-18(14-20)24-23(28)22-15-21(25-26-22)16-6-3-2-4-7-16/h2-15,27H,1H3,(H,24,28)(H,25,26). The summed E-state index contributed by atoms with van der Waals surface area (Å²) in [5, 5.41) is 9.57. The van der Waals surface area contributed by atoms with Gasteiger partial charge in [0.1, 0.15) is 11.4 Å². The van der Waals surface area contributed by atoms with Crippen LogP contribution in [0.1, 0.15) is 10.5 Å². The van der Waals surface area contributed by atoms with Crippen molar-refractivity contribution in [1.29, 1.82) is 0 Å². The van der Waals surface area contributed by atoms with Crippen molar-refractivity contribution < 1.29 is 17.9 Å². The number of aromatic nitrogens is 2. The van der Waals surface area contributed by atoms with Crippen LogP contribution in [0.2, 0.25) is 0 Å². The maximum absolute atomic E-state index is 12.8. The first-order valence-corrected chi connectivity index (χ1v) is 11.1. The Balaban J connectivity index is 1.49. The SMILES string of the molecule is COc1ccc(NS(=O)(=O)c2cccc(NC(=O)c3cc(-c4ccccc4)n[nH]3)c2)cc1. The topological polar surface area (TPSA) is 113 Å². The first-order valence-electron chi connectivity index (χ1n) is 9.64. The maximum atomic E-state index is 12.8. The van der Waals surface area contributed by atoms with E-state index in [1.165, 1.54) is 19.2 Å². The van der Waals surface area contributed by atoms with Gasteiger partial charge in [0, 0.05) is 16.9 Å². The molecule has 1 amide bonds. The molecule has 9 heteroatoms. The van der Waals surface area contributed by atoms with Crippen molar-refractivity contribution >= 4 is 27.3 Å². The summed E-state index contributed by atoms with van der Waals surface area (Å²) in [6.45, 7) is 0. The predicted molar refractivity (Wildman–Crippen MR) is 122 cm³/mol. The number of nitrogens with zero attached hydrogens (tertiary/aromatic N) is 1. The highest BCUT2D eigenvalue weighted by Gasteiger charge is 2.16. The largest absolute Gasteiger partial charge is 0.497 e. The molecule has 0 aliphatic carbocycles. The molecule has 0 spiro atoms. The summed E-state index contributed by atoms with van der Waals surface area (Å²) >= 11 is 0. The number of sulfonamides is 1. The minimum Gasteiger partial charge on any atom is -0.497 e. The van der Waals surface area contributed by atoms with Gasteiger partial charge in [-0.1, -0.05) is 36.4 Å². The lowest BCUT2D eigenvalue weighted by molar-refractivity contribution is 0.102. The lowest BCUT2D eigenvalue weighted by Crippen LogP contribution is -2.15. The maximum Gasteiger partial charge on any atom is 0.273 e. The number of anilines is 2. The van der Waals surface area contributed by atoms with E-state index in [1.54, 1.807) is 42.5 Å². The summed E-state index contributed by atoms with van der Waals surface area (Å²) < 4.78 is 33.1. The van der Waals surface area contributed by atoms with Gasteiger partial charge in [-0.3, -0.25) is 14.6 Å². The molecule has 1 aromatic heterocycles. The second-order valence-electron chi connectivity index (χ2n) is 6.85. The molecular weight excluding hydrogens is 428 g/mol. The fourth-order valence-electron chi connectivity index (χ4n) is 3.01. The summed E-state index contributed by atoms with van der Waals surface area (Å²) in [5.41, 5.74) is 2.50. The molecule has 32 heavy (non-hydrogen) atoms. The van der Waals surface area contributed by atoms with E-state index in [9.17, 15) is 13.2 Å². The molecule has 0 aliphatic rings. The van der Waals surface area contributed by atoms with Gasteiger partial charge in [-0.25, -0.2) is 8.42 Å². The van der Waals surface area contributed by atoms with Crippen LogP contribution >= 0.6 is 0 Å². The van der Waals surface area contributed by atoms with Crippen LogP contribution in [0.5, 0.6) is 5.75 Å². The summed E-state index contributed by atoms with van der Waals surface area (Å²) in [4.78, 5) is 12.6. The Bertz CT molecular complexity index is 1330. The van der Waals surface area contributed by atoms with Gasteiger partial charge in [0.25, 0.3) is 15.9 Å². The third-order valence-corrected chi connectivity index (χ3v) is 6.02. The first-order chi connectivity index (χ1) is 15.4. The Labute approximate surface area is 185 Å². The number of H-pyrrole nitrogens is 1. The lowest BCUT2D eigenvalue weighted by Gasteiger charge is -2.10. The molecule has 0 radical (unpaired) electrons. The molecule has 1 heterocycles. The molecule has 0 fully saturated rings. The number of carbonyl (C=O) groups excluding carboxylic acids is 1. The molecule has 8 nitrogen and oxygen atoms in total. The van der Waals surface area contributed by atoms with Gasteiger partial charge in [0.15, 0.2) is 0 Å². The summed E-state index contributed by atoms with van der Waals surface area (Å²) in [6.07, 6.45) is 0. The molecule has 4 aromatic rings. The number of hydrogen-bond donors (Lipinski definition) is 3. The Hall–Kier alpha value is -4.11. The molecule has 0 unspecified atom stereocenters. The minimum absolute atomic E-state index is 0.0145. The molecule has 3 aromatic carbocycles. The van der Waals surface area contributed by atoms with E-state index in [-0.39, 0.29) is 10.6 Å². The summed E-state index contributed by atoms with van der Waals surface area (Å²) in [7, 11) is -2.32. The molecule has 4 rings (SSSR count). The van der Waals surface area contributed by atoms with E-state index in [0.717, 1.165) is 5.56 Å². The normalized spacial score (nSPS) is 11.0. The van der Waals surface area contributed by atoms with E-state index in [1.807, 2.05) is 30.3 Å². The van der Waals surface area contributed by atoms with Crippen molar-refractivity contribution in [2.24, 2.45) is 0 Å². The van der Waals surface area contributed by atoms with Crippen molar-refractivity contribution in [2.75, 3.05) is 17.1 Å². The molecular formula is C23H20N4O4S. The number of aromatic amines is 1. The molecule has 0 atom stereocenters. The van der Waals surface area contributed by atoms with Crippen LogP contribution in [-0.4, -0.2) is 31.6 Å². The zero-order valence-corrected chi connectivity index (χ0v) is 17.9. The van der Waals surface area contributed by atoms with Crippen LogP contribution in [0.25, 0.3) is 11.3 Å². The van der Waals surface area contributed by atoms with Gasteiger partial charge in [0.2, 0.25) is 0 Å². The first kappa shape index (κ1) is 21.1. The molecule has 162 valence electrons. The van der Waals surface area contributed by atoms with Crippen LogP contribution < -0.4 is 14.8 Å². The van der Waals surface area contributed by atoms with Crippen LogP contribution in [0.3, 0.4) is 0 Å². The highest BCUT2D eigenvalue weighted by molar-refractivity contribution is 7.92. The Morgan fingerprint density at radius 3 is 2.38 bits per heavy atom.